The zero-order valence-electron chi connectivity index (χ0n) is 13.3. The Kier molecular flexibility index (Phi) is 4.83. The van der Waals surface area contributed by atoms with Gasteiger partial charge in [-0.15, -0.1) is 5.10 Å². The maximum Gasteiger partial charge on any atom is 0.437 e. The van der Waals surface area contributed by atoms with E-state index in [1.54, 1.807) is 0 Å². The van der Waals surface area contributed by atoms with Crippen LogP contribution in [0.15, 0.2) is 37.9 Å². The van der Waals surface area contributed by atoms with Gasteiger partial charge in [0.15, 0.2) is 0 Å². The number of nitrogens with one attached hydrogen (secondary N) is 1. The first-order valence-electron chi connectivity index (χ1n) is 7.59. The highest BCUT2D eigenvalue weighted by atomic mass is 79.9. The minimum absolute atomic E-state index is 0.0316. The lowest BCUT2D eigenvalue weighted by atomic mass is 10.1. The van der Waals surface area contributed by atoms with Crippen molar-refractivity contribution in [2.45, 2.75) is 25.8 Å². The Labute approximate surface area is 152 Å². The van der Waals surface area contributed by atoms with Gasteiger partial charge in [-0.05, 0) is 30.0 Å². The number of hydrogen-bond acceptors (Lipinski definition) is 6. The van der Waals surface area contributed by atoms with Gasteiger partial charge < -0.3 is 4.42 Å². The van der Waals surface area contributed by atoms with E-state index in [0.717, 1.165) is 14.7 Å². The normalized spacial score (nSPS) is 19.6. The number of aryl methyl sites for hydroxylation is 2. The first kappa shape index (κ1) is 17.9. The highest BCUT2D eigenvalue weighted by Gasteiger charge is 2.44. The van der Waals surface area contributed by atoms with E-state index in [4.69, 9.17) is 4.42 Å². The van der Waals surface area contributed by atoms with Crippen LogP contribution in [0, 0.1) is 12.8 Å². The summed E-state index contributed by atoms with van der Waals surface area (Å²) < 4.78 is 32.7. The average molecular weight is 430 g/mol. The summed E-state index contributed by atoms with van der Waals surface area (Å²) >= 11 is 3.35. The number of nitrogens with zero attached hydrogens (tertiary/aromatic N) is 2. The van der Waals surface area contributed by atoms with Gasteiger partial charge in [-0.25, -0.2) is 13.2 Å². The smallest absolute Gasteiger partial charge is 0.393 e. The quantitative estimate of drug-likeness (QED) is 0.736. The molecule has 0 spiro atoms. The Morgan fingerprint density at radius 1 is 1.40 bits per heavy atom. The SMILES string of the molecule is Cc1nn(CCS(=O)(=O)NC(=O)[C@@H]2C[C@H]2c2ccc(Br)cc2)c(=O)o1. The predicted molar refractivity (Wildman–Crippen MR) is 92.4 cm³/mol. The number of aromatic nitrogens is 2. The van der Waals surface area contributed by atoms with Crippen LogP contribution in [-0.4, -0.2) is 29.9 Å². The molecular formula is C15H16BrN3O5S. The Bertz CT molecular complexity index is 948. The van der Waals surface area contributed by atoms with E-state index in [0.29, 0.717) is 6.42 Å². The molecule has 0 unspecified atom stereocenters. The van der Waals surface area contributed by atoms with Crippen molar-refractivity contribution in [3.05, 3.63) is 50.7 Å². The van der Waals surface area contributed by atoms with E-state index in [2.05, 4.69) is 25.8 Å². The van der Waals surface area contributed by atoms with Crippen LogP contribution in [0.25, 0.3) is 0 Å². The molecule has 0 aliphatic heterocycles. The van der Waals surface area contributed by atoms with E-state index in [9.17, 15) is 18.0 Å². The minimum atomic E-state index is -3.85. The number of carbonyl (C=O) groups excluding carboxylic acids is 1. The van der Waals surface area contributed by atoms with E-state index in [1.807, 2.05) is 24.3 Å². The Morgan fingerprint density at radius 2 is 2.08 bits per heavy atom. The molecule has 1 aromatic heterocycles. The van der Waals surface area contributed by atoms with Gasteiger partial charge in [-0.2, -0.15) is 4.68 Å². The van der Waals surface area contributed by atoms with Crippen LogP contribution in [-0.2, 0) is 21.4 Å². The number of hydrogen-bond donors (Lipinski definition) is 1. The van der Waals surface area contributed by atoms with Crippen LogP contribution in [0.1, 0.15) is 23.8 Å². The van der Waals surface area contributed by atoms with Gasteiger partial charge in [-0.3, -0.25) is 9.52 Å². The number of halogens is 1. The summed E-state index contributed by atoms with van der Waals surface area (Å²) in [5, 5.41) is 3.76. The molecule has 1 fully saturated rings. The topological polar surface area (TPSA) is 111 Å². The van der Waals surface area contributed by atoms with E-state index in [1.165, 1.54) is 6.92 Å². The molecule has 8 nitrogen and oxygen atoms in total. The molecule has 1 heterocycles. The standard InChI is InChI=1S/C15H16BrN3O5S/c1-9-17-19(15(21)24-9)6-7-25(22,23)18-14(20)13-8-12(13)10-2-4-11(16)5-3-10/h2-5,12-13H,6-8H2,1H3,(H,18,20)/t12-,13+/m0/s1. The van der Waals surface area contributed by atoms with Gasteiger partial charge in [0.2, 0.25) is 21.8 Å². The number of benzene rings is 1. The van der Waals surface area contributed by atoms with Crippen molar-refractivity contribution in [2.24, 2.45) is 5.92 Å². The summed E-state index contributed by atoms with van der Waals surface area (Å²) in [5.74, 6) is -1.84. The van der Waals surface area contributed by atoms with Crippen molar-refractivity contribution in [1.82, 2.24) is 14.5 Å². The molecule has 25 heavy (non-hydrogen) atoms. The van der Waals surface area contributed by atoms with Crippen molar-refractivity contribution in [2.75, 3.05) is 5.75 Å². The fourth-order valence-corrected chi connectivity index (χ4v) is 3.84. The fraction of sp³-hybridized carbons (Fsp3) is 0.400. The molecule has 0 saturated heterocycles. The second kappa shape index (κ2) is 6.75. The van der Waals surface area contributed by atoms with Crippen molar-refractivity contribution in [3.8, 4) is 0 Å². The summed E-state index contributed by atoms with van der Waals surface area (Å²) in [6.07, 6.45) is 0.616. The molecule has 2 atom stereocenters. The second-order valence-electron chi connectivity index (χ2n) is 5.90. The van der Waals surface area contributed by atoms with Crippen LogP contribution >= 0.6 is 15.9 Å². The lowest BCUT2D eigenvalue weighted by molar-refractivity contribution is -0.120. The summed E-state index contributed by atoms with van der Waals surface area (Å²) in [4.78, 5) is 23.5. The second-order valence-corrected chi connectivity index (χ2v) is 8.65. The monoisotopic (exact) mass is 429 g/mol. The van der Waals surface area contributed by atoms with Gasteiger partial charge in [0.25, 0.3) is 0 Å². The highest BCUT2D eigenvalue weighted by molar-refractivity contribution is 9.10. The Balaban J connectivity index is 1.56. The third-order valence-corrected chi connectivity index (χ3v) is 5.72. The van der Waals surface area contributed by atoms with Crippen molar-refractivity contribution < 1.29 is 17.6 Å². The molecule has 3 rings (SSSR count). The lowest BCUT2D eigenvalue weighted by Gasteiger charge is -2.06. The molecule has 1 N–H and O–H groups in total. The lowest BCUT2D eigenvalue weighted by Crippen LogP contribution is -2.36. The molecule has 1 saturated carbocycles. The molecule has 0 radical (unpaired) electrons. The Hall–Kier alpha value is -1.94. The summed E-state index contributed by atoms with van der Waals surface area (Å²) in [6, 6.07) is 7.60. The van der Waals surface area contributed by atoms with Crippen LogP contribution in [0.3, 0.4) is 0 Å². The molecule has 134 valence electrons. The number of carbonyl (C=O) groups is 1. The van der Waals surface area contributed by atoms with Gasteiger partial charge >= 0.3 is 5.76 Å². The van der Waals surface area contributed by atoms with Crippen LogP contribution in [0.5, 0.6) is 0 Å². The zero-order valence-corrected chi connectivity index (χ0v) is 15.7. The van der Waals surface area contributed by atoms with Crippen molar-refractivity contribution >= 4 is 31.9 Å². The molecule has 1 aliphatic carbocycles. The first-order valence-corrected chi connectivity index (χ1v) is 10.0. The minimum Gasteiger partial charge on any atom is -0.393 e. The zero-order chi connectivity index (χ0) is 18.2. The highest BCUT2D eigenvalue weighted by Crippen LogP contribution is 2.47. The van der Waals surface area contributed by atoms with Gasteiger partial charge in [0, 0.05) is 17.3 Å². The third-order valence-electron chi connectivity index (χ3n) is 3.96. The van der Waals surface area contributed by atoms with Crippen molar-refractivity contribution in [1.29, 1.82) is 0 Å². The van der Waals surface area contributed by atoms with Crippen molar-refractivity contribution in [3.63, 3.8) is 0 Å². The van der Waals surface area contributed by atoms with Gasteiger partial charge in [0.05, 0.1) is 12.3 Å². The summed E-state index contributed by atoms with van der Waals surface area (Å²) in [5.41, 5.74) is 1.00. The van der Waals surface area contributed by atoms with E-state index >= 15 is 0 Å². The molecule has 1 aromatic carbocycles. The van der Waals surface area contributed by atoms with Gasteiger partial charge in [-0.1, -0.05) is 28.1 Å². The number of sulfonamides is 1. The largest absolute Gasteiger partial charge is 0.437 e. The maximum absolute atomic E-state index is 12.2. The molecule has 10 heteroatoms. The fourth-order valence-electron chi connectivity index (χ4n) is 2.60. The number of amides is 1. The maximum atomic E-state index is 12.2. The first-order chi connectivity index (χ1) is 11.7. The van der Waals surface area contributed by atoms with Crippen LogP contribution < -0.4 is 10.5 Å². The average Bonchev–Trinajstić information content (AvgIpc) is 3.26. The molecule has 1 aliphatic rings. The third kappa shape index (κ3) is 4.37. The van der Waals surface area contributed by atoms with E-state index < -0.39 is 27.4 Å². The summed E-state index contributed by atoms with van der Waals surface area (Å²) in [6.45, 7) is 1.31. The predicted octanol–water partition coefficient (Wildman–Crippen LogP) is 1.16. The molecular weight excluding hydrogens is 414 g/mol. The summed E-state index contributed by atoms with van der Waals surface area (Å²) in [7, 11) is -3.85. The molecule has 0 bridgehead atoms. The molecule has 2 aromatic rings. The van der Waals surface area contributed by atoms with Crippen LogP contribution in [0.2, 0.25) is 0 Å². The number of rotatable bonds is 6. The van der Waals surface area contributed by atoms with E-state index in [-0.39, 0.29) is 24.3 Å². The Morgan fingerprint density at radius 3 is 2.68 bits per heavy atom. The molecule has 1 amide bonds. The van der Waals surface area contributed by atoms with Gasteiger partial charge in [0.1, 0.15) is 0 Å². The van der Waals surface area contributed by atoms with Crippen LogP contribution in [0.4, 0.5) is 0 Å².